The first-order valence-corrected chi connectivity index (χ1v) is 45.5. The van der Waals surface area contributed by atoms with E-state index in [-0.39, 0.29) is 33.4 Å². The van der Waals surface area contributed by atoms with Crippen LogP contribution in [0, 0.1) is 68.0 Å². The fraction of sp³-hybridized carbons (Fsp3) is 0. The molecule has 0 fully saturated rings. The van der Waals surface area contributed by atoms with E-state index in [0.717, 1.165) is 134 Å². The topological polar surface area (TPSA) is 167 Å². The first-order chi connectivity index (χ1) is 68.3. The van der Waals surface area contributed by atoms with Crippen LogP contribution in [-0.2, 0) is 0 Å². The summed E-state index contributed by atoms with van der Waals surface area (Å²) in [6, 6.07) is 174. The number of rotatable bonds is 18. The Morgan fingerprint density at radius 2 is 0.268 bits per heavy atom. The van der Waals surface area contributed by atoms with Gasteiger partial charge in [0.2, 0.25) is 0 Å². The zero-order chi connectivity index (χ0) is 93.1. The molecule has 23 rings (SSSR count). The Kier molecular flexibility index (Phi) is 22.1. The Bertz CT molecular complexity index is 7740. The Morgan fingerprint density at radius 1 is 0.138 bits per heavy atom. The van der Waals surface area contributed by atoms with Gasteiger partial charge >= 0.3 is 0 Å². The van der Waals surface area contributed by atoms with Gasteiger partial charge in [-0.15, -0.1) is 0 Å². The molecular weight excluding hydrogens is 1680 g/mol. The van der Waals surface area contributed by atoms with E-state index >= 15 is 0 Å². The standard InChI is InChI=1S/C63H36N6.C63H42N6/c64-37-52-61(40-25-31-43(32-26-40)67-55-19-7-1-13-46(55)47-14-2-8-20-56(47)67)53(38-65)63(42-29-35-45(36-30-42)69-59-23-11-5-17-50(59)51-18-6-12-24-60(51)69)54(39-66)62(52)41-27-33-44(34-28-41)68-57-21-9-3-15-48(57)49-16-4-10-22-58(49)68;64-43-58-61(46-31-37-55(38-32-46)67(49-19-7-1-8-20-49)50-21-9-2-10-22-50)59(44-65)63(48-35-41-57(42-36-48)69(53-27-15-5-16-28-53)54-29-17-6-18-30-54)60(45-66)62(58)47-33-39-56(40-34-47)68(51-23-11-3-12-24-51)52-25-13-4-14-26-52/h1-36H;1-42H. The van der Waals surface area contributed by atoms with E-state index in [9.17, 15) is 31.6 Å². The van der Waals surface area contributed by atoms with Crippen molar-refractivity contribution in [2.24, 2.45) is 0 Å². The summed E-state index contributed by atoms with van der Waals surface area (Å²) in [4.78, 5) is 6.50. The molecule has 23 aromatic rings. The van der Waals surface area contributed by atoms with Gasteiger partial charge in [-0.1, -0.05) is 291 Å². The lowest BCUT2D eigenvalue weighted by Crippen LogP contribution is -2.10. The van der Waals surface area contributed by atoms with Crippen LogP contribution in [0.4, 0.5) is 51.2 Å². The average molecular weight is 1760 g/mol. The molecule has 138 heavy (non-hydrogen) atoms. The fourth-order valence-electron chi connectivity index (χ4n) is 20.0. The predicted octanol–water partition coefficient (Wildman–Crippen LogP) is 32.3. The molecule has 0 aliphatic heterocycles. The van der Waals surface area contributed by atoms with Crippen LogP contribution in [0.5, 0.6) is 0 Å². The summed E-state index contributed by atoms with van der Waals surface area (Å²) in [6.45, 7) is 0. The summed E-state index contributed by atoms with van der Waals surface area (Å²) in [5, 5.41) is 75.0. The Labute approximate surface area is 798 Å². The molecule has 12 nitrogen and oxygen atoms in total. The molecule has 0 aliphatic rings. The molecule has 3 heterocycles. The van der Waals surface area contributed by atoms with Crippen molar-refractivity contribution in [1.82, 2.24) is 13.7 Å². The summed E-state index contributed by atoms with van der Waals surface area (Å²) >= 11 is 0. The van der Waals surface area contributed by atoms with E-state index in [0.29, 0.717) is 66.8 Å². The number of hydrogen-bond donors (Lipinski definition) is 0. The summed E-state index contributed by atoms with van der Waals surface area (Å²) < 4.78 is 6.74. The van der Waals surface area contributed by atoms with Crippen LogP contribution >= 0.6 is 0 Å². The van der Waals surface area contributed by atoms with Crippen LogP contribution in [0.15, 0.2) is 473 Å². The third kappa shape index (κ3) is 14.8. The quantitative estimate of drug-likeness (QED) is 0.0812. The zero-order valence-electron chi connectivity index (χ0n) is 74.4. The normalized spacial score (nSPS) is 11.0. The lowest BCUT2D eigenvalue weighted by Gasteiger charge is -2.26. The Hall–Kier alpha value is -19.9. The van der Waals surface area contributed by atoms with Gasteiger partial charge < -0.3 is 28.4 Å². The zero-order valence-corrected chi connectivity index (χ0v) is 74.4. The number of benzene rings is 20. The minimum Gasteiger partial charge on any atom is -0.311 e. The molecule has 0 bridgehead atoms. The molecule has 642 valence electrons. The second-order valence-corrected chi connectivity index (χ2v) is 33.6. The van der Waals surface area contributed by atoms with Crippen LogP contribution in [0.3, 0.4) is 0 Å². The van der Waals surface area contributed by atoms with Crippen LogP contribution in [0.1, 0.15) is 33.4 Å². The van der Waals surface area contributed by atoms with E-state index < -0.39 is 0 Å². The highest BCUT2D eigenvalue weighted by Gasteiger charge is 2.32. The molecule has 0 spiro atoms. The first-order valence-electron chi connectivity index (χ1n) is 45.5. The number of hydrogen-bond acceptors (Lipinski definition) is 9. The molecule has 0 N–H and O–H groups in total. The van der Waals surface area contributed by atoms with E-state index in [2.05, 4.69) is 320 Å². The van der Waals surface area contributed by atoms with Gasteiger partial charge in [-0.2, -0.15) is 31.6 Å². The average Bonchev–Trinajstić information content (AvgIpc) is 1.35. The summed E-state index contributed by atoms with van der Waals surface area (Å²) in [5.74, 6) is 0. The first kappa shape index (κ1) is 83.7. The van der Waals surface area contributed by atoms with Gasteiger partial charge in [0.1, 0.15) is 36.4 Å². The SMILES string of the molecule is N#Cc1c(-c2ccc(-n3c4ccccc4c4ccccc43)cc2)c(C#N)c(-c2ccc(-n3c4ccccc4c4ccccc43)cc2)c(C#N)c1-c1ccc(-n2c3ccccc3c3ccccc32)cc1.N#Cc1c(-c2ccc(N(c3ccccc3)c3ccccc3)cc2)c(C#N)c(-c2ccc(N(c3ccccc3)c3ccccc3)cc2)c(C#N)c1-c1ccc(N(c2ccccc2)c2ccccc2)cc1. The lowest BCUT2D eigenvalue weighted by atomic mass is 9.80. The summed E-state index contributed by atoms with van der Waals surface area (Å²) in [5.41, 5.74) is 26.4. The number of para-hydroxylation sites is 12. The van der Waals surface area contributed by atoms with E-state index in [4.69, 9.17) is 0 Å². The second-order valence-electron chi connectivity index (χ2n) is 33.6. The Balaban J connectivity index is 0.000000159. The van der Waals surface area contributed by atoms with Gasteiger partial charge in [-0.05, 0) is 215 Å². The highest BCUT2D eigenvalue weighted by atomic mass is 15.2. The Morgan fingerprint density at radius 3 is 0.420 bits per heavy atom. The van der Waals surface area contributed by atoms with Crippen LogP contribution in [0.25, 0.3) is 149 Å². The molecule has 3 aromatic heterocycles. The lowest BCUT2D eigenvalue weighted by molar-refractivity contribution is 1.18. The van der Waals surface area contributed by atoms with Crippen molar-refractivity contribution < 1.29 is 0 Å². The number of aromatic nitrogens is 3. The summed E-state index contributed by atoms with van der Waals surface area (Å²) in [6.07, 6.45) is 0. The molecule has 0 saturated carbocycles. The van der Waals surface area contributed by atoms with E-state index in [1.807, 2.05) is 218 Å². The van der Waals surface area contributed by atoms with Gasteiger partial charge in [0, 0.05) is 134 Å². The highest BCUT2D eigenvalue weighted by molar-refractivity contribution is 6.12. The van der Waals surface area contributed by atoms with Gasteiger partial charge in [0.15, 0.2) is 0 Å². The molecular formula is C126H78N12. The van der Waals surface area contributed by atoms with Crippen molar-refractivity contribution in [3.05, 3.63) is 507 Å². The number of anilines is 9. The predicted molar refractivity (Wildman–Crippen MR) is 561 cm³/mol. The van der Waals surface area contributed by atoms with E-state index in [1.165, 1.54) is 0 Å². The molecule has 12 heteroatoms. The third-order valence-electron chi connectivity index (χ3n) is 26.0. The number of nitriles is 6. The van der Waals surface area contributed by atoms with Crippen LogP contribution < -0.4 is 14.7 Å². The van der Waals surface area contributed by atoms with Crippen molar-refractivity contribution >= 4 is 117 Å². The van der Waals surface area contributed by atoms with Crippen molar-refractivity contribution in [1.29, 1.82) is 31.6 Å². The van der Waals surface area contributed by atoms with E-state index in [1.54, 1.807) is 0 Å². The maximum Gasteiger partial charge on any atom is 0.101 e. The maximum absolute atomic E-state index is 11.3. The molecule has 0 radical (unpaired) electrons. The van der Waals surface area contributed by atoms with Gasteiger partial charge in [0.25, 0.3) is 0 Å². The molecule has 0 unspecified atom stereocenters. The smallest absolute Gasteiger partial charge is 0.101 e. The second kappa shape index (κ2) is 36.5. The monoisotopic (exact) mass is 1760 g/mol. The van der Waals surface area contributed by atoms with Crippen molar-refractivity contribution in [3.8, 4) is 120 Å². The molecule has 0 aliphatic carbocycles. The summed E-state index contributed by atoms with van der Waals surface area (Å²) in [7, 11) is 0. The van der Waals surface area contributed by atoms with Crippen LogP contribution in [0.2, 0.25) is 0 Å². The third-order valence-corrected chi connectivity index (χ3v) is 26.0. The van der Waals surface area contributed by atoms with Gasteiger partial charge in [-0.3, -0.25) is 0 Å². The maximum atomic E-state index is 11.3. The largest absolute Gasteiger partial charge is 0.311 e. The molecule has 0 amide bonds. The van der Waals surface area contributed by atoms with Crippen molar-refractivity contribution in [2.75, 3.05) is 14.7 Å². The molecule has 0 saturated heterocycles. The van der Waals surface area contributed by atoms with Gasteiger partial charge in [-0.25, -0.2) is 0 Å². The highest BCUT2D eigenvalue weighted by Crippen LogP contribution is 2.51. The van der Waals surface area contributed by atoms with Crippen LogP contribution in [-0.4, -0.2) is 13.7 Å². The molecule has 20 aromatic carbocycles. The van der Waals surface area contributed by atoms with Crippen molar-refractivity contribution in [2.45, 2.75) is 0 Å². The minimum atomic E-state index is 0.245. The number of fused-ring (bicyclic) bond motifs is 9. The fourth-order valence-corrected chi connectivity index (χ4v) is 20.0. The van der Waals surface area contributed by atoms with Gasteiger partial charge in [0.05, 0.1) is 66.5 Å². The minimum absolute atomic E-state index is 0.245. The number of nitrogens with zero attached hydrogens (tertiary/aromatic N) is 12. The molecule has 0 atom stereocenters. The van der Waals surface area contributed by atoms with Crippen molar-refractivity contribution in [3.63, 3.8) is 0 Å².